The van der Waals surface area contributed by atoms with E-state index in [2.05, 4.69) is 28.0 Å². The molecule has 1 aromatic heterocycles. The molecular weight excluding hydrogens is 526 g/mol. The highest BCUT2D eigenvalue weighted by Gasteiger charge is 2.47. The number of imidazole rings is 1. The number of rotatable bonds is 9. The van der Waals surface area contributed by atoms with Gasteiger partial charge in [0.1, 0.15) is 5.82 Å². The van der Waals surface area contributed by atoms with Crippen molar-refractivity contribution in [2.45, 2.75) is 79.0 Å². The summed E-state index contributed by atoms with van der Waals surface area (Å²) >= 11 is 0. The quantitative estimate of drug-likeness (QED) is 0.345. The predicted molar refractivity (Wildman–Crippen MR) is 131 cm³/mol. The van der Waals surface area contributed by atoms with Crippen LogP contribution in [0.1, 0.15) is 75.3 Å². The molecule has 6 nitrogen and oxygen atoms in total. The van der Waals surface area contributed by atoms with E-state index in [1.54, 1.807) is 6.92 Å². The highest BCUT2D eigenvalue weighted by Crippen LogP contribution is 2.41. The molecule has 0 saturated heterocycles. The average molecular weight is 559 g/mol. The number of benzene rings is 1. The molecule has 1 fully saturated rings. The van der Waals surface area contributed by atoms with Gasteiger partial charge in [-0.3, -0.25) is 9.36 Å². The lowest BCUT2D eigenvalue weighted by molar-refractivity contribution is -0.211. The molecule has 2 aromatic rings. The lowest BCUT2D eigenvalue weighted by atomic mass is 9.72. The number of hydrogen-bond acceptors (Lipinski definition) is 4. The molecular formula is C27H32F6N4O2. The molecule has 1 aliphatic rings. The lowest BCUT2D eigenvalue weighted by Crippen LogP contribution is -2.39. The fourth-order valence-electron chi connectivity index (χ4n) is 4.70. The maximum absolute atomic E-state index is 15.6. The standard InChI is InChI=1S/C27H32F6N4O2/c1-5-20-36-21(23(38)35-15-26(14-34)10-8-16(2)9-11-26)22(28)37(20)18-7-6-17(12-19(18)39-24(29)30)13-25(3,4)27(31,32)33/h6-7,12,16,24H,5,8-11,13,15H2,1-4H3,(H,35,38). The van der Waals surface area contributed by atoms with Crippen LogP contribution in [0.3, 0.4) is 0 Å². The largest absolute Gasteiger partial charge is 0.433 e. The zero-order valence-corrected chi connectivity index (χ0v) is 22.3. The second-order valence-corrected chi connectivity index (χ2v) is 10.9. The van der Waals surface area contributed by atoms with Crippen molar-refractivity contribution in [3.05, 3.63) is 41.2 Å². The van der Waals surface area contributed by atoms with Gasteiger partial charge in [-0.05, 0) is 55.7 Å². The number of aromatic nitrogens is 2. The molecule has 0 atom stereocenters. The Morgan fingerprint density at radius 1 is 1.28 bits per heavy atom. The van der Waals surface area contributed by atoms with E-state index >= 15 is 4.39 Å². The first-order valence-electron chi connectivity index (χ1n) is 12.7. The minimum absolute atomic E-state index is 0.00619. The van der Waals surface area contributed by atoms with Crippen molar-refractivity contribution in [2.24, 2.45) is 16.7 Å². The van der Waals surface area contributed by atoms with E-state index in [1.165, 1.54) is 12.1 Å². The third-order valence-corrected chi connectivity index (χ3v) is 7.37. The average Bonchev–Trinajstić information content (AvgIpc) is 3.19. The van der Waals surface area contributed by atoms with Crippen LogP contribution in [0.25, 0.3) is 5.69 Å². The van der Waals surface area contributed by atoms with Crippen molar-refractivity contribution >= 4 is 5.91 Å². The van der Waals surface area contributed by atoms with Gasteiger partial charge in [0.25, 0.3) is 5.91 Å². The number of ether oxygens (including phenoxy) is 1. The highest BCUT2D eigenvalue weighted by atomic mass is 19.4. The van der Waals surface area contributed by atoms with Crippen LogP contribution in [0.15, 0.2) is 18.2 Å². The summed E-state index contributed by atoms with van der Waals surface area (Å²) in [5.74, 6) is -2.08. The second kappa shape index (κ2) is 11.5. The van der Waals surface area contributed by atoms with Crippen molar-refractivity contribution in [3.8, 4) is 17.5 Å². The Kier molecular flexibility index (Phi) is 8.92. The van der Waals surface area contributed by atoms with E-state index < -0.39 is 53.3 Å². The fourth-order valence-corrected chi connectivity index (χ4v) is 4.70. The summed E-state index contributed by atoms with van der Waals surface area (Å²) in [6, 6.07) is 5.72. The number of halogens is 6. The van der Waals surface area contributed by atoms with Crippen LogP contribution in [0.2, 0.25) is 0 Å². The molecule has 0 radical (unpaired) electrons. The van der Waals surface area contributed by atoms with Gasteiger partial charge in [-0.25, -0.2) is 4.98 Å². The molecule has 1 N–H and O–H groups in total. The lowest BCUT2D eigenvalue weighted by Gasteiger charge is -2.33. The Morgan fingerprint density at radius 3 is 2.46 bits per heavy atom. The van der Waals surface area contributed by atoms with Crippen LogP contribution in [0.4, 0.5) is 26.3 Å². The topological polar surface area (TPSA) is 79.9 Å². The number of amides is 1. The summed E-state index contributed by atoms with van der Waals surface area (Å²) in [5, 5.41) is 12.3. The molecule has 0 aliphatic heterocycles. The van der Waals surface area contributed by atoms with Gasteiger partial charge in [0.15, 0.2) is 11.4 Å². The van der Waals surface area contributed by atoms with Gasteiger partial charge in [0.2, 0.25) is 5.95 Å². The number of aryl methyl sites for hydroxylation is 1. The Morgan fingerprint density at radius 2 is 1.92 bits per heavy atom. The number of nitrogens with zero attached hydrogens (tertiary/aromatic N) is 3. The smallest absolute Gasteiger partial charge is 0.394 e. The third-order valence-electron chi connectivity index (χ3n) is 7.37. The van der Waals surface area contributed by atoms with E-state index in [0.29, 0.717) is 18.8 Å². The predicted octanol–water partition coefficient (Wildman–Crippen LogP) is 6.76. The van der Waals surface area contributed by atoms with Gasteiger partial charge in [-0.1, -0.05) is 33.8 Å². The molecule has 1 aliphatic carbocycles. The Labute approximate surface area is 223 Å². The summed E-state index contributed by atoms with van der Waals surface area (Å²) in [5.41, 5.74) is -3.70. The molecule has 12 heteroatoms. The van der Waals surface area contributed by atoms with Gasteiger partial charge >= 0.3 is 12.8 Å². The maximum Gasteiger partial charge on any atom is 0.394 e. The zero-order chi connectivity index (χ0) is 29.2. The van der Waals surface area contributed by atoms with Crippen molar-refractivity contribution in [1.29, 1.82) is 5.26 Å². The van der Waals surface area contributed by atoms with E-state index in [0.717, 1.165) is 37.3 Å². The molecule has 1 aromatic carbocycles. The zero-order valence-electron chi connectivity index (χ0n) is 22.3. The van der Waals surface area contributed by atoms with Crippen LogP contribution in [0.5, 0.6) is 5.75 Å². The Bertz CT molecular complexity index is 1220. The first-order valence-corrected chi connectivity index (χ1v) is 12.7. The first kappa shape index (κ1) is 30.3. The molecule has 0 spiro atoms. The maximum atomic E-state index is 15.6. The highest BCUT2D eigenvalue weighted by molar-refractivity contribution is 5.92. The van der Waals surface area contributed by atoms with Gasteiger partial charge in [-0.15, -0.1) is 0 Å². The molecule has 3 rings (SSSR count). The summed E-state index contributed by atoms with van der Waals surface area (Å²) in [4.78, 5) is 17.0. The number of carbonyl (C=O) groups is 1. The molecule has 1 saturated carbocycles. The number of nitriles is 1. The monoisotopic (exact) mass is 558 g/mol. The third kappa shape index (κ3) is 6.68. The minimum Gasteiger partial charge on any atom is -0.433 e. The van der Waals surface area contributed by atoms with Crippen molar-refractivity contribution < 1.29 is 35.9 Å². The van der Waals surface area contributed by atoms with Crippen LogP contribution < -0.4 is 10.1 Å². The van der Waals surface area contributed by atoms with Gasteiger partial charge in [0.05, 0.1) is 22.6 Å². The summed E-state index contributed by atoms with van der Waals surface area (Å²) in [6.07, 6.45) is -2.14. The van der Waals surface area contributed by atoms with Crippen LogP contribution >= 0.6 is 0 Å². The van der Waals surface area contributed by atoms with Crippen LogP contribution in [0, 0.1) is 34.0 Å². The molecule has 1 heterocycles. The number of nitrogens with one attached hydrogen (secondary N) is 1. The molecule has 1 amide bonds. The first-order chi connectivity index (χ1) is 18.1. The Balaban J connectivity index is 1.95. The summed E-state index contributed by atoms with van der Waals surface area (Å²) < 4.78 is 87.7. The minimum atomic E-state index is -4.55. The number of hydrogen-bond donors (Lipinski definition) is 1. The van der Waals surface area contributed by atoms with E-state index in [4.69, 9.17) is 0 Å². The van der Waals surface area contributed by atoms with E-state index in [-0.39, 0.29) is 30.0 Å². The molecule has 0 bridgehead atoms. The van der Waals surface area contributed by atoms with Crippen LogP contribution in [-0.4, -0.2) is 34.8 Å². The Hall–Kier alpha value is -3.23. The van der Waals surface area contributed by atoms with Crippen molar-refractivity contribution in [1.82, 2.24) is 14.9 Å². The van der Waals surface area contributed by atoms with Crippen LogP contribution in [-0.2, 0) is 12.8 Å². The SMILES string of the molecule is CCc1nc(C(=O)NCC2(C#N)CCC(C)CC2)c(F)n1-c1ccc(CC(C)(C)C(F)(F)F)cc1OC(F)F. The van der Waals surface area contributed by atoms with E-state index in [1.807, 2.05) is 0 Å². The normalized spacial score (nSPS) is 20.1. The van der Waals surface area contributed by atoms with Gasteiger partial charge in [-0.2, -0.15) is 31.6 Å². The summed E-state index contributed by atoms with van der Waals surface area (Å²) in [7, 11) is 0. The van der Waals surface area contributed by atoms with E-state index in [9.17, 15) is 32.0 Å². The van der Waals surface area contributed by atoms with Crippen molar-refractivity contribution in [2.75, 3.05) is 6.54 Å². The molecule has 214 valence electrons. The number of carbonyl (C=O) groups excluding carboxylic acids is 1. The van der Waals surface area contributed by atoms with Crippen molar-refractivity contribution in [3.63, 3.8) is 0 Å². The molecule has 0 unspecified atom stereocenters. The van der Waals surface area contributed by atoms with Gasteiger partial charge in [0, 0.05) is 13.0 Å². The number of alkyl halides is 5. The molecule has 39 heavy (non-hydrogen) atoms. The fraction of sp³-hybridized carbons (Fsp3) is 0.593. The summed E-state index contributed by atoms with van der Waals surface area (Å²) in [6.45, 7) is 2.33. The second-order valence-electron chi connectivity index (χ2n) is 10.9. The van der Waals surface area contributed by atoms with Gasteiger partial charge < -0.3 is 10.1 Å².